The molecule has 14 nitrogen and oxygen atoms in total. The lowest BCUT2D eigenvalue weighted by atomic mass is 9.60. The summed E-state index contributed by atoms with van der Waals surface area (Å²) < 4.78 is 56.6. The van der Waals surface area contributed by atoms with Crippen LogP contribution >= 0.6 is 12.6 Å². The Morgan fingerprint density at radius 2 is 1.81 bits per heavy atom. The standard InChI is InChI=1S/C29H24B2F3N3O6S.C3H6O5/c1-14-3-2-4-18-25(14)42-10-8-27(18,29(31,40)41)21-12-36-26(37-21)16-11-15(5-6-19(16)32)43-20(13-44)22(33)23(34)24-17(7-9-35-24)28(30,38)39;4-2(5)1-3(6,7)8/h2-7,9,11-13,35,38-41,44H,8,10H2,1H3,(H,36,37);6-8H,1H2,(H,4,5)/b20-13-,23-22-;. The number of aliphatic carboxylic acids is 1. The molecule has 3 heterocycles. The Bertz CT molecular complexity index is 2000. The highest BCUT2D eigenvalue weighted by atomic mass is 32.1. The lowest BCUT2D eigenvalue weighted by molar-refractivity contribution is -0.311. The molecule has 2 aromatic heterocycles. The van der Waals surface area contributed by atoms with E-state index in [-0.39, 0.29) is 35.9 Å². The van der Waals surface area contributed by atoms with E-state index in [9.17, 15) is 25.2 Å². The van der Waals surface area contributed by atoms with Gasteiger partial charge in [0.2, 0.25) is 5.83 Å². The van der Waals surface area contributed by atoms with Gasteiger partial charge < -0.3 is 60.3 Å². The molecule has 1 aliphatic rings. The summed E-state index contributed by atoms with van der Waals surface area (Å²) in [5, 5.41) is 73.3. The molecule has 0 fully saturated rings. The number of hydrogen-bond donors (Lipinski definition) is 11. The zero-order valence-electron chi connectivity index (χ0n) is 26.9. The zero-order chi connectivity index (χ0) is 38.8. The maximum Gasteiger partial charge on any atom is 0.311 e. The van der Waals surface area contributed by atoms with Crippen molar-refractivity contribution in [3.63, 3.8) is 0 Å². The van der Waals surface area contributed by atoms with E-state index < -0.39 is 69.6 Å². The van der Waals surface area contributed by atoms with Crippen LogP contribution in [0.5, 0.6) is 11.5 Å². The van der Waals surface area contributed by atoms with E-state index in [0.717, 1.165) is 41.4 Å². The van der Waals surface area contributed by atoms with Crippen LogP contribution in [0.25, 0.3) is 17.2 Å². The third kappa shape index (κ3) is 8.56. The SMILES string of the molecule is O=C(O)CC(O)(O)O.[B]C(O)(O)c1cc[nH]c1/C(F)=C(F)\C(=C\S)Oc1ccc(F)c(-c2ncc(C3(C([B])(O)O)CCOc4c(C)cccc43)[nH]2)c1. The Morgan fingerprint density at radius 1 is 1.12 bits per heavy atom. The zero-order valence-corrected chi connectivity index (χ0v) is 27.8. The number of hydrogen-bond acceptors (Lipinski definition) is 12. The number of fused-ring (bicyclic) bond motifs is 1. The molecule has 4 radical (unpaired) electrons. The van der Waals surface area contributed by atoms with Crippen molar-refractivity contribution in [2.24, 2.45) is 0 Å². The molecular weight excluding hydrogens is 713 g/mol. The third-order valence-corrected chi connectivity index (χ3v) is 7.99. The minimum absolute atomic E-state index is 0.0356. The lowest BCUT2D eigenvalue weighted by Crippen LogP contribution is -2.55. The smallest absolute Gasteiger partial charge is 0.311 e. The monoisotopic (exact) mass is 743 g/mol. The van der Waals surface area contributed by atoms with E-state index in [4.69, 9.17) is 45.6 Å². The number of aryl methyl sites for hydroxylation is 1. The number of nitrogens with one attached hydrogen (secondary N) is 2. The van der Waals surface area contributed by atoms with E-state index in [1.807, 2.05) is 0 Å². The largest absolute Gasteiger partial charge is 0.493 e. The normalized spacial score (nSPS) is 17.0. The van der Waals surface area contributed by atoms with Gasteiger partial charge in [-0.15, -0.1) is 12.6 Å². The predicted octanol–water partition coefficient (Wildman–Crippen LogP) is 1.54. The van der Waals surface area contributed by atoms with Crippen molar-refractivity contribution < 1.29 is 68.3 Å². The van der Waals surface area contributed by atoms with E-state index >= 15 is 13.2 Å². The van der Waals surface area contributed by atoms with Gasteiger partial charge in [-0.1, -0.05) is 18.2 Å². The van der Waals surface area contributed by atoms with Crippen LogP contribution in [-0.4, -0.2) is 95.7 Å². The summed E-state index contributed by atoms with van der Waals surface area (Å²) in [5.74, 6) is -9.03. The number of H-pyrrole nitrogens is 2. The highest BCUT2D eigenvalue weighted by molar-refractivity contribution is 7.83. The average Bonchev–Trinajstić information content (AvgIpc) is 3.73. The number of carboxylic acid groups (broad SMARTS) is 1. The Balaban J connectivity index is 0.000000677. The number of aromatic amines is 2. The van der Waals surface area contributed by atoms with Gasteiger partial charge in [0, 0.05) is 35.3 Å². The van der Waals surface area contributed by atoms with E-state index in [2.05, 4.69) is 27.6 Å². The summed E-state index contributed by atoms with van der Waals surface area (Å²) in [6.45, 7) is 1.88. The number of thiol groups is 1. The lowest BCUT2D eigenvalue weighted by Gasteiger charge is -2.45. The summed E-state index contributed by atoms with van der Waals surface area (Å²) in [6.07, 6.45) is 1.35. The van der Waals surface area contributed by atoms with Gasteiger partial charge in [-0.2, -0.15) is 4.39 Å². The first-order valence-electron chi connectivity index (χ1n) is 14.8. The van der Waals surface area contributed by atoms with Crippen molar-refractivity contribution in [1.29, 1.82) is 0 Å². The van der Waals surface area contributed by atoms with Gasteiger partial charge in [-0.05, 0) is 36.8 Å². The Hall–Kier alpha value is -4.53. The molecule has 20 heteroatoms. The van der Waals surface area contributed by atoms with Gasteiger partial charge >= 0.3 is 5.97 Å². The number of halogens is 3. The van der Waals surface area contributed by atoms with Crippen LogP contribution in [0, 0.1) is 12.7 Å². The summed E-state index contributed by atoms with van der Waals surface area (Å²) in [7, 11) is 11.1. The average molecular weight is 743 g/mol. The molecule has 1 unspecified atom stereocenters. The Kier molecular flexibility index (Phi) is 11.8. The molecule has 5 rings (SSSR count). The van der Waals surface area contributed by atoms with E-state index in [0.29, 0.717) is 11.3 Å². The van der Waals surface area contributed by atoms with Gasteiger partial charge in [-0.3, -0.25) is 4.79 Å². The van der Waals surface area contributed by atoms with Crippen LogP contribution < -0.4 is 9.47 Å². The van der Waals surface area contributed by atoms with Crippen molar-refractivity contribution in [2.75, 3.05) is 6.61 Å². The topological polar surface area (TPSA) is 242 Å². The predicted molar refractivity (Wildman–Crippen MR) is 180 cm³/mol. The van der Waals surface area contributed by atoms with Crippen LogP contribution in [-0.2, 0) is 15.9 Å². The van der Waals surface area contributed by atoms with E-state index in [1.54, 1.807) is 25.1 Å². The van der Waals surface area contributed by atoms with Crippen molar-refractivity contribution in [3.05, 3.63) is 106 Å². The molecule has 10 N–H and O–H groups in total. The second-order valence-electron chi connectivity index (χ2n) is 11.5. The molecule has 0 saturated carbocycles. The molecule has 0 amide bonds. The highest BCUT2D eigenvalue weighted by Gasteiger charge is 2.53. The minimum Gasteiger partial charge on any atom is -0.493 e. The molecular formula is C32H30B2F3N3O11S. The Morgan fingerprint density at radius 3 is 2.38 bits per heavy atom. The van der Waals surface area contributed by atoms with Crippen molar-refractivity contribution in [2.45, 2.75) is 42.5 Å². The van der Waals surface area contributed by atoms with Crippen LogP contribution in [0.15, 0.2) is 71.9 Å². The summed E-state index contributed by atoms with van der Waals surface area (Å²) >= 11 is 3.88. The number of imidazole rings is 1. The molecule has 1 aliphatic heterocycles. The second kappa shape index (κ2) is 15.2. The first kappa shape index (κ1) is 40.2. The Labute approximate surface area is 300 Å². The quantitative estimate of drug-likeness (QED) is 0.0365. The summed E-state index contributed by atoms with van der Waals surface area (Å²) in [4.78, 5) is 19.0. The fourth-order valence-corrected chi connectivity index (χ4v) is 5.60. The molecule has 0 aliphatic carbocycles. The number of carbonyl (C=O) groups is 1. The number of benzene rings is 2. The van der Waals surface area contributed by atoms with Gasteiger partial charge in [0.25, 0.3) is 5.97 Å². The van der Waals surface area contributed by atoms with Crippen molar-refractivity contribution >= 4 is 40.1 Å². The van der Waals surface area contributed by atoms with Crippen LogP contribution in [0.4, 0.5) is 13.2 Å². The summed E-state index contributed by atoms with van der Waals surface area (Å²) in [5.41, 5.74) is -7.49. The number of para-hydroxylation sites is 1. The molecule has 0 saturated heterocycles. The van der Waals surface area contributed by atoms with Gasteiger partial charge in [0.05, 0.1) is 29.0 Å². The maximum atomic E-state index is 15.2. The summed E-state index contributed by atoms with van der Waals surface area (Å²) in [6, 6.07) is 9.48. The van der Waals surface area contributed by atoms with Gasteiger partial charge in [0.15, 0.2) is 27.3 Å². The number of aliphatic hydroxyl groups is 7. The van der Waals surface area contributed by atoms with Crippen LogP contribution in [0.3, 0.4) is 0 Å². The number of carboxylic acids is 1. The highest BCUT2D eigenvalue weighted by Crippen LogP contribution is 2.49. The van der Waals surface area contributed by atoms with Gasteiger partial charge in [-0.25, -0.2) is 13.8 Å². The number of nitrogens with zero attached hydrogens (tertiary/aromatic N) is 1. The second-order valence-corrected chi connectivity index (χ2v) is 11.8. The fraction of sp³-hybridized carbons (Fsp3) is 0.250. The molecule has 272 valence electrons. The van der Waals surface area contributed by atoms with E-state index in [1.165, 1.54) is 6.20 Å². The molecule has 4 aromatic rings. The number of allylic oxidation sites excluding steroid dienone is 1. The molecule has 0 bridgehead atoms. The maximum absolute atomic E-state index is 15.2. The van der Waals surface area contributed by atoms with Crippen LogP contribution in [0.2, 0.25) is 0 Å². The van der Waals surface area contributed by atoms with Crippen molar-refractivity contribution in [1.82, 2.24) is 15.0 Å². The van der Waals surface area contributed by atoms with Gasteiger partial charge in [0.1, 0.15) is 40.9 Å². The first-order valence-corrected chi connectivity index (χ1v) is 15.3. The molecule has 2 aromatic carbocycles. The number of ether oxygens (including phenoxy) is 2. The number of aromatic nitrogens is 3. The van der Waals surface area contributed by atoms with Crippen LogP contribution in [0.1, 0.15) is 40.9 Å². The van der Waals surface area contributed by atoms with Crippen molar-refractivity contribution in [3.8, 4) is 22.9 Å². The fourth-order valence-electron chi connectivity index (χ4n) is 5.44. The molecule has 0 spiro atoms. The molecule has 1 atom stereocenters. The first-order chi connectivity index (χ1) is 24.1. The minimum atomic E-state index is -3.08. The number of rotatable bonds is 10. The molecule has 52 heavy (non-hydrogen) atoms. The third-order valence-electron chi connectivity index (χ3n) is 7.76.